The summed E-state index contributed by atoms with van der Waals surface area (Å²) in [4.78, 5) is 44.7. The molecule has 3 aromatic rings. The van der Waals surface area contributed by atoms with Gasteiger partial charge in [-0.1, -0.05) is 25.4 Å². The van der Waals surface area contributed by atoms with Crippen LogP contribution in [-0.4, -0.2) is 53.8 Å². The molecular weight excluding hydrogens is 494 g/mol. The molecule has 196 valence electrons. The fourth-order valence-electron chi connectivity index (χ4n) is 4.61. The van der Waals surface area contributed by atoms with Crippen LogP contribution >= 0.6 is 11.6 Å². The summed E-state index contributed by atoms with van der Waals surface area (Å²) in [7, 11) is 3.32. The van der Waals surface area contributed by atoms with Crippen molar-refractivity contribution in [2.75, 3.05) is 24.7 Å². The number of fused-ring (bicyclic) bond motifs is 1. The van der Waals surface area contributed by atoms with Crippen molar-refractivity contribution in [1.29, 1.82) is 0 Å². The quantitative estimate of drug-likeness (QED) is 0.402. The summed E-state index contributed by atoms with van der Waals surface area (Å²) in [6.45, 7) is 4.23. The highest BCUT2D eigenvalue weighted by molar-refractivity contribution is 6.30. The minimum Gasteiger partial charge on any atom is -0.449 e. The molecule has 10 heteroatoms. The second-order valence-electron chi connectivity index (χ2n) is 9.89. The van der Waals surface area contributed by atoms with Crippen LogP contribution < -0.4 is 16.0 Å². The molecule has 1 aliphatic carbocycles. The van der Waals surface area contributed by atoms with Crippen molar-refractivity contribution < 1.29 is 18.8 Å². The van der Waals surface area contributed by atoms with E-state index in [1.807, 2.05) is 0 Å². The number of carbonyl (C=O) groups is 3. The Morgan fingerprint density at radius 2 is 1.78 bits per heavy atom. The van der Waals surface area contributed by atoms with Gasteiger partial charge in [0, 0.05) is 49.2 Å². The average Bonchev–Trinajstić information content (AvgIpc) is 3.22. The van der Waals surface area contributed by atoms with Crippen LogP contribution in [0.3, 0.4) is 0 Å². The number of aromatic nitrogens is 1. The van der Waals surface area contributed by atoms with E-state index in [4.69, 9.17) is 16.0 Å². The molecular formula is C27H32ClN5O4. The van der Waals surface area contributed by atoms with Crippen molar-refractivity contribution in [3.05, 3.63) is 52.9 Å². The van der Waals surface area contributed by atoms with Gasteiger partial charge in [0.05, 0.1) is 5.02 Å². The fourth-order valence-corrected chi connectivity index (χ4v) is 4.73. The summed E-state index contributed by atoms with van der Waals surface area (Å²) in [5, 5.41) is 10.1. The molecule has 1 aliphatic rings. The van der Waals surface area contributed by atoms with Crippen LogP contribution in [0.1, 0.15) is 60.4 Å². The molecule has 2 heterocycles. The number of pyridine rings is 1. The van der Waals surface area contributed by atoms with Crippen LogP contribution in [0.4, 0.5) is 11.5 Å². The molecule has 0 bridgehead atoms. The number of rotatable bonds is 7. The van der Waals surface area contributed by atoms with Crippen molar-refractivity contribution >= 4 is 51.8 Å². The number of benzene rings is 1. The maximum Gasteiger partial charge on any atom is 0.294 e. The fraction of sp³-hybridized carbons (Fsp3) is 0.407. The summed E-state index contributed by atoms with van der Waals surface area (Å²) in [5.41, 5.74) is 1.03. The first-order chi connectivity index (χ1) is 17.6. The highest BCUT2D eigenvalue weighted by Crippen LogP contribution is 2.34. The van der Waals surface area contributed by atoms with Gasteiger partial charge in [-0.15, -0.1) is 0 Å². The Bertz CT molecular complexity index is 1290. The molecule has 1 saturated carbocycles. The van der Waals surface area contributed by atoms with Crippen LogP contribution in [0.15, 0.2) is 40.9 Å². The van der Waals surface area contributed by atoms with E-state index in [-0.39, 0.29) is 35.0 Å². The number of anilines is 2. The Kier molecular flexibility index (Phi) is 8.14. The summed E-state index contributed by atoms with van der Waals surface area (Å²) in [5.74, 6) is -0.917. The third kappa shape index (κ3) is 6.29. The molecule has 1 aromatic carbocycles. The minimum absolute atomic E-state index is 0.0651. The van der Waals surface area contributed by atoms with Gasteiger partial charge in [-0.2, -0.15) is 0 Å². The first kappa shape index (κ1) is 26.6. The average molecular weight is 526 g/mol. The van der Waals surface area contributed by atoms with E-state index in [0.717, 1.165) is 25.7 Å². The van der Waals surface area contributed by atoms with Gasteiger partial charge < -0.3 is 25.3 Å². The molecule has 1 fully saturated rings. The number of hydrogen-bond acceptors (Lipinski definition) is 6. The Labute approximate surface area is 220 Å². The SMILES string of the molecule is CC(C)N[C@H]1CC[C@H](C(=O)Nc2c(C(=O)Nc3ccc(Cl)cn3)oc3ccc(C(=O)N(C)C)cc23)CC1. The van der Waals surface area contributed by atoms with Gasteiger partial charge in [0.25, 0.3) is 11.8 Å². The number of nitrogens with zero attached hydrogens (tertiary/aromatic N) is 2. The number of amides is 3. The largest absolute Gasteiger partial charge is 0.449 e. The Morgan fingerprint density at radius 1 is 1.05 bits per heavy atom. The lowest BCUT2D eigenvalue weighted by molar-refractivity contribution is -0.120. The maximum atomic E-state index is 13.3. The molecule has 9 nitrogen and oxygen atoms in total. The number of furan rings is 1. The Balaban J connectivity index is 1.63. The summed E-state index contributed by atoms with van der Waals surface area (Å²) in [6, 6.07) is 8.85. The monoisotopic (exact) mass is 525 g/mol. The van der Waals surface area contributed by atoms with Crippen molar-refractivity contribution in [3.63, 3.8) is 0 Å². The predicted octanol–water partition coefficient (Wildman–Crippen LogP) is 4.93. The Morgan fingerprint density at radius 3 is 2.41 bits per heavy atom. The Hall–Kier alpha value is -3.43. The van der Waals surface area contributed by atoms with Crippen LogP contribution in [0.25, 0.3) is 11.0 Å². The third-order valence-electron chi connectivity index (χ3n) is 6.43. The first-order valence-electron chi connectivity index (χ1n) is 12.4. The van der Waals surface area contributed by atoms with E-state index in [9.17, 15) is 14.4 Å². The van der Waals surface area contributed by atoms with Crippen LogP contribution in [0.5, 0.6) is 0 Å². The molecule has 3 amide bonds. The standard InChI is InChI=1S/C27H32ClN5O4/c1-15(2)30-19-9-5-16(6-10-19)25(34)32-23-20-13-17(27(36)33(3)4)7-11-21(20)37-24(23)26(35)31-22-12-8-18(28)14-29-22/h7-8,11-16,19,30H,5-6,9-10H2,1-4H3,(H,32,34)(H,29,31,35)/t16-,19-. The van der Waals surface area contributed by atoms with E-state index >= 15 is 0 Å². The summed E-state index contributed by atoms with van der Waals surface area (Å²) >= 11 is 5.89. The molecule has 0 spiro atoms. The zero-order chi connectivity index (χ0) is 26.7. The first-order valence-corrected chi connectivity index (χ1v) is 12.8. The van der Waals surface area contributed by atoms with E-state index in [2.05, 4.69) is 34.8 Å². The maximum absolute atomic E-state index is 13.3. The lowest BCUT2D eigenvalue weighted by Crippen LogP contribution is -2.39. The van der Waals surface area contributed by atoms with Gasteiger partial charge in [0.1, 0.15) is 17.1 Å². The molecule has 4 rings (SSSR count). The van der Waals surface area contributed by atoms with E-state index in [1.54, 1.807) is 44.4 Å². The topological polar surface area (TPSA) is 117 Å². The lowest BCUT2D eigenvalue weighted by Gasteiger charge is -2.29. The predicted molar refractivity (Wildman–Crippen MR) is 144 cm³/mol. The second-order valence-corrected chi connectivity index (χ2v) is 10.3. The normalized spacial score (nSPS) is 17.6. The van der Waals surface area contributed by atoms with Gasteiger partial charge in [0.15, 0.2) is 0 Å². The second kappa shape index (κ2) is 11.3. The van der Waals surface area contributed by atoms with Crippen molar-refractivity contribution in [3.8, 4) is 0 Å². The van der Waals surface area contributed by atoms with Crippen molar-refractivity contribution in [2.45, 2.75) is 51.6 Å². The molecule has 0 aliphatic heterocycles. The molecule has 0 atom stereocenters. The van der Waals surface area contributed by atoms with E-state index in [0.29, 0.717) is 33.6 Å². The zero-order valence-corrected chi connectivity index (χ0v) is 22.2. The minimum atomic E-state index is -0.577. The highest BCUT2D eigenvalue weighted by atomic mass is 35.5. The van der Waals surface area contributed by atoms with Gasteiger partial charge in [-0.05, 0) is 56.0 Å². The molecule has 37 heavy (non-hydrogen) atoms. The van der Waals surface area contributed by atoms with Gasteiger partial charge in [-0.3, -0.25) is 14.4 Å². The van der Waals surface area contributed by atoms with Gasteiger partial charge in [0.2, 0.25) is 11.7 Å². The van der Waals surface area contributed by atoms with Crippen LogP contribution in [-0.2, 0) is 4.79 Å². The summed E-state index contributed by atoms with van der Waals surface area (Å²) in [6.07, 6.45) is 4.71. The number of hydrogen-bond donors (Lipinski definition) is 3. The smallest absolute Gasteiger partial charge is 0.294 e. The van der Waals surface area contributed by atoms with Crippen LogP contribution in [0, 0.1) is 5.92 Å². The molecule has 3 N–H and O–H groups in total. The molecule has 0 unspecified atom stereocenters. The van der Waals surface area contributed by atoms with E-state index in [1.165, 1.54) is 11.1 Å². The van der Waals surface area contributed by atoms with Crippen LogP contribution in [0.2, 0.25) is 5.02 Å². The number of nitrogens with one attached hydrogen (secondary N) is 3. The lowest BCUT2D eigenvalue weighted by atomic mass is 9.85. The van der Waals surface area contributed by atoms with Gasteiger partial charge in [-0.25, -0.2) is 4.98 Å². The van der Waals surface area contributed by atoms with Crippen molar-refractivity contribution in [2.24, 2.45) is 5.92 Å². The molecule has 2 aromatic heterocycles. The zero-order valence-electron chi connectivity index (χ0n) is 21.4. The summed E-state index contributed by atoms with van der Waals surface area (Å²) < 4.78 is 5.89. The van der Waals surface area contributed by atoms with Gasteiger partial charge >= 0.3 is 0 Å². The van der Waals surface area contributed by atoms with E-state index < -0.39 is 5.91 Å². The molecule has 0 radical (unpaired) electrons. The molecule has 0 saturated heterocycles. The number of halogens is 1. The van der Waals surface area contributed by atoms with Crippen molar-refractivity contribution in [1.82, 2.24) is 15.2 Å². The number of carbonyl (C=O) groups excluding carboxylic acids is 3. The third-order valence-corrected chi connectivity index (χ3v) is 6.66. The highest BCUT2D eigenvalue weighted by Gasteiger charge is 2.30.